The average Bonchev–Trinajstić information content (AvgIpc) is 2.84. The Kier molecular flexibility index (Phi) is 5.78. The number of carbonyl (C=O) groups is 1. The maximum Gasteiger partial charge on any atom is 0.224 e. The van der Waals surface area contributed by atoms with Crippen LogP contribution in [0.4, 0.5) is 0 Å². The molecule has 1 fully saturated rings. The minimum atomic E-state index is 0. The maximum atomic E-state index is 12.5. The van der Waals surface area contributed by atoms with E-state index in [0.717, 1.165) is 31.6 Å². The van der Waals surface area contributed by atoms with E-state index in [2.05, 4.69) is 42.4 Å². The van der Waals surface area contributed by atoms with Gasteiger partial charge in [-0.3, -0.25) is 9.79 Å². The highest BCUT2D eigenvalue weighted by molar-refractivity contribution is 8.01. The fraction of sp³-hybridized carbons (Fsp3) is 0.647. The number of allylic oxidation sites excluding steroid dienone is 3. The van der Waals surface area contributed by atoms with Gasteiger partial charge in [0, 0.05) is 18.5 Å². The molecule has 0 aromatic carbocycles. The van der Waals surface area contributed by atoms with Crippen LogP contribution in [-0.4, -0.2) is 29.2 Å². The average molecular weight is 341 g/mol. The molecule has 0 aromatic rings. The van der Waals surface area contributed by atoms with Crippen molar-refractivity contribution in [2.75, 3.05) is 12.3 Å². The molecular formula is C17H25ClN2OS. The maximum absolute atomic E-state index is 12.5. The van der Waals surface area contributed by atoms with E-state index in [-0.39, 0.29) is 29.0 Å². The highest BCUT2D eigenvalue weighted by Crippen LogP contribution is 2.56. The lowest BCUT2D eigenvalue weighted by Gasteiger charge is -2.39. The van der Waals surface area contributed by atoms with Crippen LogP contribution in [0.3, 0.4) is 0 Å². The van der Waals surface area contributed by atoms with Gasteiger partial charge in [-0.15, -0.1) is 24.2 Å². The van der Waals surface area contributed by atoms with Gasteiger partial charge >= 0.3 is 0 Å². The fourth-order valence-corrected chi connectivity index (χ4v) is 5.37. The Morgan fingerprint density at radius 1 is 1.55 bits per heavy atom. The molecule has 3 atom stereocenters. The first kappa shape index (κ1) is 17.6. The molecule has 1 spiro atoms. The summed E-state index contributed by atoms with van der Waals surface area (Å²) in [6, 6.07) is 0. The van der Waals surface area contributed by atoms with Gasteiger partial charge < -0.3 is 5.32 Å². The van der Waals surface area contributed by atoms with Gasteiger partial charge in [0.05, 0.1) is 16.4 Å². The largest absolute Gasteiger partial charge is 0.356 e. The molecule has 0 bridgehead atoms. The van der Waals surface area contributed by atoms with Crippen molar-refractivity contribution in [3.05, 3.63) is 23.9 Å². The third-order valence-electron chi connectivity index (χ3n) is 4.80. The summed E-state index contributed by atoms with van der Waals surface area (Å²) in [5.74, 6) is 2.33. The molecule has 0 aromatic heterocycles. The van der Waals surface area contributed by atoms with Crippen LogP contribution in [0, 0.1) is 17.8 Å². The van der Waals surface area contributed by atoms with E-state index in [9.17, 15) is 4.79 Å². The number of rotatable bonds is 4. The Morgan fingerprint density at radius 3 is 3.14 bits per heavy atom. The van der Waals surface area contributed by atoms with E-state index in [1.165, 1.54) is 5.70 Å². The van der Waals surface area contributed by atoms with Gasteiger partial charge in [0.15, 0.2) is 0 Å². The lowest BCUT2D eigenvalue weighted by molar-refractivity contribution is -0.125. The van der Waals surface area contributed by atoms with E-state index in [1.807, 2.05) is 18.0 Å². The Labute approximate surface area is 143 Å². The second kappa shape index (κ2) is 7.22. The van der Waals surface area contributed by atoms with Gasteiger partial charge in [0.1, 0.15) is 0 Å². The highest BCUT2D eigenvalue weighted by atomic mass is 35.5. The van der Waals surface area contributed by atoms with Crippen LogP contribution in [0.1, 0.15) is 33.1 Å². The molecule has 2 heterocycles. The minimum absolute atomic E-state index is 0. The molecule has 3 unspecified atom stereocenters. The first-order chi connectivity index (χ1) is 10.1. The van der Waals surface area contributed by atoms with Crippen LogP contribution in [0.15, 0.2) is 28.9 Å². The quantitative estimate of drug-likeness (QED) is 0.849. The van der Waals surface area contributed by atoms with E-state index in [4.69, 9.17) is 0 Å². The summed E-state index contributed by atoms with van der Waals surface area (Å²) in [5.41, 5.74) is 1.17. The predicted octanol–water partition coefficient (Wildman–Crippen LogP) is 3.61. The molecular weight excluding hydrogens is 316 g/mol. The van der Waals surface area contributed by atoms with Crippen molar-refractivity contribution in [2.24, 2.45) is 22.7 Å². The molecule has 1 saturated heterocycles. The molecule has 1 N–H and O–H groups in total. The van der Waals surface area contributed by atoms with Crippen LogP contribution in [0.25, 0.3) is 0 Å². The summed E-state index contributed by atoms with van der Waals surface area (Å²) in [5, 5.41) is 3.15. The summed E-state index contributed by atoms with van der Waals surface area (Å²) < 4.78 is 0.0591. The Bertz CT molecular complexity index is 515. The van der Waals surface area contributed by atoms with E-state index in [1.54, 1.807) is 0 Å². The van der Waals surface area contributed by atoms with Gasteiger partial charge in [-0.25, -0.2) is 0 Å². The fourth-order valence-electron chi connectivity index (χ4n) is 3.55. The Morgan fingerprint density at radius 2 is 2.36 bits per heavy atom. The van der Waals surface area contributed by atoms with Crippen LogP contribution in [0.2, 0.25) is 0 Å². The summed E-state index contributed by atoms with van der Waals surface area (Å²) >= 11 is 1.94. The topological polar surface area (TPSA) is 41.5 Å². The SMILES string of the molecule is CC(C)CCNC(=O)C1CSC23CC=CC=C2N=CCC13.Cl. The van der Waals surface area contributed by atoms with Crippen LogP contribution < -0.4 is 5.32 Å². The number of hydrogen-bond donors (Lipinski definition) is 1. The molecule has 3 nitrogen and oxygen atoms in total. The van der Waals surface area contributed by atoms with Crippen molar-refractivity contribution in [3.63, 3.8) is 0 Å². The first-order valence-electron chi connectivity index (χ1n) is 7.95. The number of thioether (sulfide) groups is 1. The molecule has 1 aliphatic carbocycles. The minimum Gasteiger partial charge on any atom is -0.356 e. The zero-order chi connectivity index (χ0) is 14.9. The van der Waals surface area contributed by atoms with Gasteiger partial charge in [-0.1, -0.05) is 26.0 Å². The zero-order valence-electron chi connectivity index (χ0n) is 13.2. The normalized spacial score (nSPS) is 32.0. The van der Waals surface area contributed by atoms with Crippen LogP contribution in [0.5, 0.6) is 0 Å². The van der Waals surface area contributed by atoms with Crippen molar-refractivity contribution >= 4 is 36.3 Å². The number of nitrogens with zero attached hydrogens (tertiary/aromatic N) is 1. The van der Waals surface area contributed by atoms with Crippen LogP contribution in [-0.2, 0) is 4.79 Å². The second-order valence-electron chi connectivity index (χ2n) is 6.62. The summed E-state index contributed by atoms with van der Waals surface area (Å²) in [6.45, 7) is 5.18. The smallest absolute Gasteiger partial charge is 0.224 e. The van der Waals surface area contributed by atoms with E-state index >= 15 is 0 Å². The molecule has 0 saturated carbocycles. The zero-order valence-corrected chi connectivity index (χ0v) is 14.9. The van der Waals surface area contributed by atoms with Crippen molar-refractivity contribution in [1.82, 2.24) is 5.32 Å². The summed E-state index contributed by atoms with van der Waals surface area (Å²) in [7, 11) is 0. The molecule has 22 heavy (non-hydrogen) atoms. The van der Waals surface area contributed by atoms with Crippen molar-refractivity contribution in [1.29, 1.82) is 0 Å². The third-order valence-corrected chi connectivity index (χ3v) is 6.52. The van der Waals surface area contributed by atoms with E-state index < -0.39 is 0 Å². The summed E-state index contributed by atoms with van der Waals surface area (Å²) in [4.78, 5) is 17.1. The molecule has 0 radical (unpaired) electrons. The Hall–Kier alpha value is -0.740. The number of halogens is 1. The first-order valence-corrected chi connectivity index (χ1v) is 8.93. The number of amides is 1. The standard InChI is InChI=1S/C17H24N2OS.ClH/c1-12(2)6-9-19-16(20)13-11-21-17-8-4-3-5-15(17)18-10-7-14(13)17;/h3-5,10,12-14H,6-9,11H2,1-2H3,(H,19,20);1H. The van der Waals surface area contributed by atoms with Gasteiger partial charge in [-0.2, -0.15) is 0 Å². The Balaban J connectivity index is 0.00000176. The highest BCUT2D eigenvalue weighted by Gasteiger charge is 2.54. The number of nitrogens with one attached hydrogen (secondary N) is 1. The van der Waals surface area contributed by atoms with Crippen LogP contribution >= 0.6 is 24.2 Å². The number of aliphatic imine (C=N–C) groups is 1. The lowest BCUT2D eigenvalue weighted by atomic mass is 9.73. The number of carbonyl (C=O) groups excluding carboxylic acids is 1. The molecule has 5 heteroatoms. The van der Waals surface area contributed by atoms with Gasteiger partial charge in [0.2, 0.25) is 5.91 Å². The molecule has 2 aliphatic heterocycles. The molecule has 3 aliphatic rings. The van der Waals surface area contributed by atoms with E-state index in [0.29, 0.717) is 11.8 Å². The van der Waals surface area contributed by atoms with Gasteiger partial charge in [0.25, 0.3) is 0 Å². The monoisotopic (exact) mass is 340 g/mol. The van der Waals surface area contributed by atoms with Crippen molar-refractivity contribution in [2.45, 2.75) is 37.9 Å². The molecule has 122 valence electrons. The van der Waals surface area contributed by atoms with Gasteiger partial charge in [-0.05, 0) is 37.2 Å². The van der Waals surface area contributed by atoms with Crippen molar-refractivity contribution in [3.8, 4) is 0 Å². The second-order valence-corrected chi connectivity index (χ2v) is 7.97. The lowest BCUT2D eigenvalue weighted by Crippen LogP contribution is -2.43. The summed E-state index contributed by atoms with van der Waals surface area (Å²) in [6.07, 6.45) is 11.4. The molecule has 1 amide bonds. The van der Waals surface area contributed by atoms with Crippen molar-refractivity contribution < 1.29 is 4.79 Å². The molecule has 3 rings (SSSR count). The predicted molar refractivity (Wildman–Crippen MR) is 96.8 cm³/mol. The number of hydrogen-bond acceptors (Lipinski definition) is 3. The third kappa shape index (κ3) is 3.13.